The first-order chi connectivity index (χ1) is 12.0. The number of halogens is 1. The highest BCUT2D eigenvalue weighted by atomic mass is 127. The van der Waals surface area contributed by atoms with Crippen LogP contribution in [0.1, 0.15) is 26.3 Å². The molecule has 1 N–H and O–H groups in total. The van der Waals surface area contributed by atoms with Crippen LogP contribution < -0.4 is 10.1 Å². The molecule has 148 valence electrons. The fourth-order valence-corrected chi connectivity index (χ4v) is 3.83. The monoisotopic (exact) mass is 493 g/mol. The highest BCUT2D eigenvalue weighted by molar-refractivity contribution is 14.0. The molecule has 0 unspecified atom stereocenters. The minimum atomic E-state index is 0. The lowest BCUT2D eigenvalue weighted by atomic mass is 10.2. The van der Waals surface area contributed by atoms with Gasteiger partial charge in [0.25, 0.3) is 0 Å². The van der Waals surface area contributed by atoms with Gasteiger partial charge in [0, 0.05) is 37.2 Å². The van der Waals surface area contributed by atoms with Crippen molar-refractivity contribution in [3.63, 3.8) is 0 Å². The molecular weight excluding hydrogens is 461 g/mol. The Kier molecular flexibility index (Phi) is 10.7. The molecule has 0 aromatic heterocycles. The van der Waals surface area contributed by atoms with E-state index in [0.29, 0.717) is 19.8 Å². The van der Waals surface area contributed by atoms with Gasteiger partial charge in [-0.05, 0) is 38.5 Å². The van der Waals surface area contributed by atoms with Gasteiger partial charge in [-0.3, -0.25) is 0 Å². The van der Waals surface area contributed by atoms with Crippen LogP contribution in [-0.2, 0) is 11.3 Å². The first-order valence-electron chi connectivity index (χ1n) is 8.92. The van der Waals surface area contributed by atoms with E-state index in [9.17, 15) is 0 Å². The number of aliphatic imine (C=N–C) groups is 1. The van der Waals surface area contributed by atoms with Crippen LogP contribution in [0.3, 0.4) is 0 Å². The summed E-state index contributed by atoms with van der Waals surface area (Å²) in [6.45, 7) is 11.5. The Morgan fingerprint density at radius 3 is 2.62 bits per heavy atom. The fourth-order valence-electron chi connectivity index (χ4n) is 2.72. The lowest BCUT2D eigenvalue weighted by molar-refractivity contribution is 0.146. The highest BCUT2D eigenvalue weighted by Gasteiger charge is 2.28. The largest absolute Gasteiger partial charge is 0.491 e. The second-order valence-electron chi connectivity index (χ2n) is 6.69. The summed E-state index contributed by atoms with van der Waals surface area (Å²) < 4.78 is 10.9. The van der Waals surface area contributed by atoms with Crippen LogP contribution in [0.15, 0.2) is 29.3 Å². The Bertz CT molecular complexity index is 552. The Hall–Kier alpha value is -0.670. The third kappa shape index (κ3) is 7.92. The maximum absolute atomic E-state index is 5.60. The van der Waals surface area contributed by atoms with Crippen LogP contribution in [0.5, 0.6) is 5.75 Å². The second-order valence-corrected chi connectivity index (χ2v) is 8.49. The number of thioether (sulfide) groups is 1. The number of nitrogens with one attached hydrogen (secondary N) is 1. The summed E-state index contributed by atoms with van der Waals surface area (Å²) in [5.41, 5.74) is 1.18. The molecule has 1 aromatic rings. The standard InChI is InChI=1S/C19H31N3O2S.HI/c1-5-20-18(22-10-13-25-19(2,3)15-22)21-14-16-6-8-17(9-7-16)24-12-11-23-4;/h6-9H,5,10-15H2,1-4H3,(H,20,21);1H. The molecule has 0 spiro atoms. The Balaban J connectivity index is 0.00000338. The molecule has 0 atom stereocenters. The average molecular weight is 493 g/mol. The highest BCUT2D eigenvalue weighted by Crippen LogP contribution is 2.29. The van der Waals surface area contributed by atoms with Crippen LogP contribution >= 0.6 is 35.7 Å². The van der Waals surface area contributed by atoms with Gasteiger partial charge < -0.3 is 19.7 Å². The maximum atomic E-state index is 5.60. The van der Waals surface area contributed by atoms with Crippen LogP contribution in [-0.4, -0.2) is 61.3 Å². The predicted octanol–water partition coefficient (Wildman–Crippen LogP) is 3.62. The Morgan fingerprint density at radius 1 is 1.27 bits per heavy atom. The summed E-state index contributed by atoms with van der Waals surface area (Å²) in [7, 11) is 1.68. The van der Waals surface area contributed by atoms with E-state index in [1.807, 2.05) is 23.9 Å². The molecule has 1 aromatic carbocycles. The van der Waals surface area contributed by atoms with Crippen molar-refractivity contribution in [2.45, 2.75) is 32.1 Å². The quantitative estimate of drug-likeness (QED) is 0.272. The zero-order chi connectivity index (χ0) is 18.1. The fraction of sp³-hybridized carbons (Fsp3) is 0.632. The number of hydrogen-bond acceptors (Lipinski definition) is 4. The van der Waals surface area contributed by atoms with Gasteiger partial charge in [0.1, 0.15) is 12.4 Å². The van der Waals surface area contributed by atoms with E-state index in [2.05, 4.69) is 43.1 Å². The first-order valence-corrected chi connectivity index (χ1v) is 9.90. The third-order valence-corrected chi connectivity index (χ3v) is 5.25. The average Bonchev–Trinajstić information content (AvgIpc) is 2.59. The molecule has 5 nitrogen and oxygen atoms in total. The summed E-state index contributed by atoms with van der Waals surface area (Å²) in [6.07, 6.45) is 0. The van der Waals surface area contributed by atoms with E-state index >= 15 is 0 Å². The van der Waals surface area contributed by atoms with Gasteiger partial charge in [-0.2, -0.15) is 11.8 Å². The zero-order valence-electron chi connectivity index (χ0n) is 16.3. The summed E-state index contributed by atoms with van der Waals surface area (Å²) in [5.74, 6) is 3.02. The number of ether oxygens (including phenoxy) is 2. The first kappa shape index (κ1) is 23.4. The van der Waals surface area contributed by atoms with E-state index in [-0.39, 0.29) is 28.7 Å². The molecule has 1 aliphatic heterocycles. The second kappa shape index (κ2) is 11.9. The van der Waals surface area contributed by atoms with Crippen LogP contribution in [0.4, 0.5) is 0 Å². The van der Waals surface area contributed by atoms with E-state index in [1.165, 1.54) is 5.56 Å². The topological polar surface area (TPSA) is 46.1 Å². The van der Waals surface area contributed by atoms with E-state index in [1.54, 1.807) is 7.11 Å². The minimum Gasteiger partial charge on any atom is -0.491 e. The van der Waals surface area contributed by atoms with Crippen molar-refractivity contribution in [2.24, 2.45) is 4.99 Å². The van der Waals surface area contributed by atoms with E-state index in [0.717, 1.165) is 37.1 Å². The van der Waals surface area contributed by atoms with Gasteiger partial charge >= 0.3 is 0 Å². The van der Waals surface area contributed by atoms with Gasteiger partial charge in [-0.1, -0.05) is 12.1 Å². The Labute approximate surface area is 179 Å². The molecule has 0 saturated carbocycles. The molecule has 2 rings (SSSR count). The number of methoxy groups -OCH3 is 1. The van der Waals surface area contributed by atoms with Crippen LogP contribution in [0.2, 0.25) is 0 Å². The van der Waals surface area contributed by atoms with Gasteiger partial charge in [0.2, 0.25) is 0 Å². The van der Waals surface area contributed by atoms with E-state index < -0.39 is 0 Å². The smallest absolute Gasteiger partial charge is 0.194 e. The predicted molar refractivity (Wildman–Crippen MR) is 122 cm³/mol. The van der Waals surface area contributed by atoms with Crippen LogP contribution in [0, 0.1) is 0 Å². The number of nitrogens with zero attached hydrogens (tertiary/aromatic N) is 2. The van der Waals surface area contributed by atoms with E-state index in [4.69, 9.17) is 14.5 Å². The maximum Gasteiger partial charge on any atom is 0.194 e. The molecule has 26 heavy (non-hydrogen) atoms. The summed E-state index contributed by atoms with van der Waals surface area (Å²) >= 11 is 2.04. The zero-order valence-corrected chi connectivity index (χ0v) is 19.4. The van der Waals surface area contributed by atoms with Gasteiger partial charge in [-0.15, -0.1) is 24.0 Å². The van der Waals surface area contributed by atoms with Crippen molar-refractivity contribution in [1.82, 2.24) is 10.2 Å². The van der Waals surface area contributed by atoms with Crippen molar-refractivity contribution in [2.75, 3.05) is 45.7 Å². The SMILES string of the molecule is CCNC(=NCc1ccc(OCCOC)cc1)N1CCSC(C)(C)C1.I. The van der Waals surface area contributed by atoms with Crippen molar-refractivity contribution < 1.29 is 9.47 Å². The van der Waals surface area contributed by atoms with Gasteiger partial charge in [-0.25, -0.2) is 4.99 Å². The van der Waals surface area contributed by atoms with Crippen molar-refractivity contribution in [1.29, 1.82) is 0 Å². The third-order valence-electron chi connectivity index (χ3n) is 3.95. The lowest BCUT2D eigenvalue weighted by Crippen LogP contribution is -2.50. The summed E-state index contributed by atoms with van der Waals surface area (Å²) in [4.78, 5) is 7.22. The molecule has 0 bridgehead atoms. The minimum absolute atomic E-state index is 0. The molecule has 1 aliphatic rings. The summed E-state index contributed by atoms with van der Waals surface area (Å²) in [6, 6.07) is 8.14. The molecule has 1 fully saturated rings. The van der Waals surface area contributed by atoms with Crippen molar-refractivity contribution >= 4 is 41.7 Å². The molecule has 1 saturated heterocycles. The number of guanidine groups is 1. The number of rotatable bonds is 7. The van der Waals surface area contributed by atoms with Crippen LogP contribution in [0.25, 0.3) is 0 Å². The molecule has 0 amide bonds. The molecule has 1 heterocycles. The molecule has 0 aliphatic carbocycles. The van der Waals surface area contributed by atoms with Gasteiger partial charge in [0.05, 0.1) is 13.2 Å². The molecular formula is C19H32IN3O2S. The Morgan fingerprint density at radius 2 is 2.00 bits per heavy atom. The number of benzene rings is 1. The summed E-state index contributed by atoms with van der Waals surface area (Å²) in [5, 5.41) is 3.43. The lowest BCUT2D eigenvalue weighted by Gasteiger charge is -2.39. The van der Waals surface area contributed by atoms with Crippen molar-refractivity contribution in [3.8, 4) is 5.75 Å². The molecule has 7 heteroatoms. The number of hydrogen-bond donors (Lipinski definition) is 1. The molecule has 0 radical (unpaired) electrons. The normalized spacial score (nSPS) is 16.8. The van der Waals surface area contributed by atoms with Crippen molar-refractivity contribution in [3.05, 3.63) is 29.8 Å². The van der Waals surface area contributed by atoms with Gasteiger partial charge in [0.15, 0.2) is 5.96 Å².